The lowest BCUT2D eigenvalue weighted by Gasteiger charge is -2.26. The fourth-order valence-corrected chi connectivity index (χ4v) is 6.16. The van der Waals surface area contributed by atoms with E-state index in [2.05, 4.69) is 5.32 Å². The minimum Gasteiger partial charge on any atom is -0.495 e. The van der Waals surface area contributed by atoms with Crippen LogP contribution in [0.3, 0.4) is 0 Å². The summed E-state index contributed by atoms with van der Waals surface area (Å²) in [6.45, 7) is 0.888. The van der Waals surface area contributed by atoms with Crippen molar-refractivity contribution < 1.29 is 35.5 Å². The van der Waals surface area contributed by atoms with Gasteiger partial charge in [0.1, 0.15) is 16.5 Å². The van der Waals surface area contributed by atoms with Crippen LogP contribution >= 0.6 is 0 Å². The molecule has 0 aromatic heterocycles. The number of para-hydroxylation sites is 1. The smallest absolute Gasteiger partial charge is 0.246 e. The van der Waals surface area contributed by atoms with Crippen LogP contribution < -0.4 is 14.4 Å². The van der Waals surface area contributed by atoms with Crippen molar-refractivity contribution in [3.05, 3.63) is 48.3 Å². The number of amides is 1. The third kappa shape index (κ3) is 6.69. The van der Waals surface area contributed by atoms with Gasteiger partial charge in [0.2, 0.25) is 26.0 Å². The second-order valence-corrected chi connectivity index (χ2v) is 11.6. The molecular weight excluding hydrogens is 501 g/mol. The second-order valence-electron chi connectivity index (χ2n) is 7.82. The molecule has 1 fully saturated rings. The number of carbonyl (C=O) groups is 1. The van der Waals surface area contributed by atoms with E-state index in [9.17, 15) is 26.0 Å². The van der Waals surface area contributed by atoms with Crippen molar-refractivity contribution in [1.29, 1.82) is 0 Å². The lowest BCUT2D eigenvalue weighted by molar-refractivity contribution is -0.116. The number of halogens is 1. The number of anilines is 2. The summed E-state index contributed by atoms with van der Waals surface area (Å²) in [5.74, 6) is -0.996. The summed E-state index contributed by atoms with van der Waals surface area (Å²) in [4.78, 5) is 12.4. The molecule has 2 aromatic rings. The average molecular weight is 530 g/mol. The van der Waals surface area contributed by atoms with Gasteiger partial charge in [-0.05, 0) is 36.8 Å². The molecule has 192 valence electrons. The van der Waals surface area contributed by atoms with Gasteiger partial charge in [-0.1, -0.05) is 12.1 Å². The maximum Gasteiger partial charge on any atom is 0.246 e. The first-order valence-electron chi connectivity index (χ1n) is 10.8. The van der Waals surface area contributed by atoms with Gasteiger partial charge in [0.15, 0.2) is 0 Å². The predicted molar refractivity (Wildman–Crippen MR) is 129 cm³/mol. The first-order valence-corrected chi connectivity index (χ1v) is 14.1. The van der Waals surface area contributed by atoms with E-state index in [1.165, 1.54) is 47.8 Å². The van der Waals surface area contributed by atoms with Crippen LogP contribution in [-0.2, 0) is 29.6 Å². The summed E-state index contributed by atoms with van der Waals surface area (Å²) in [5, 5.41) is 2.63. The monoisotopic (exact) mass is 529 g/mol. The lowest BCUT2D eigenvalue weighted by Crippen LogP contribution is -2.40. The van der Waals surface area contributed by atoms with E-state index in [0.29, 0.717) is 0 Å². The van der Waals surface area contributed by atoms with Crippen LogP contribution in [0, 0.1) is 5.82 Å². The van der Waals surface area contributed by atoms with Gasteiger partial charge < -0.3 is 14.8 Å². The molecule has 2 aromatic carbocycles. The molecule has 0 spiro atoms. The Morgan fingerprint density at radius 3 is 2.46 bits per heavy atom. The summed E-state index contributed by atoms with van der Waals surface area (Å²) >= 11 is 0. The Morgan fingerprint density at radius 2 is 1.83 bits per heavy atom. The highest BCUT2D eigenvalue weighted by Gasteiger charge is 2.29. The number of hydrogen-bond acceptors (Lipinski definition) is 7. The Bertz CT molecular complexity index is 1260. The Morgan fingerprint density at radius 1 is 1.14 bits per heavy atom. The third-order valence-electron chi connectivity index (χ3n) is 5.32. The molecule has 35 heavy (non-hydrogen) atoms. The van der Waals surface area contributed by atoms with Crippen molar-refractivity contribution in [2.24, 2.45) is 0 Å². The molecule has 1 N–H and O–H groups in total. The number of rotatable bonds is 10. The number of carbonyl (C=O) groups excluding carboxylic acids is 1. The molecule has 0 unspecified atom stereocenters. The van der Waals surface area contributed by atoms with E-state index in [1.807, 2.05) is 0 Å². The molecule has 1 amide bonds. The number of nitrogens with zero attached hydrogens (tertiary/aromatic N) is 2. The molecule has 3 rings (SSSR count). The zero-order valence-corrected chi connectivity index (χ0v) is 21.1. The zero-order chi connectivity index (χ0) is 25.6. The van der Waals surface area contributed by atoms with Crippen molar-refractivity contribution in [3.63, 3.8) is 0 Å². The van der Waals surface area contributed by atoms with Gasteiger partial charge in [-0.15, -0.1) is 0 Å². The third-order valence-corrected chi connectivity index (χ3v) is 8.42. The molecule has 1 aliphatic heterocycles. The van der Waals surface area contributed by atoms with Gasteiger partial charge in [-0.25, -0.2) is 21.2 Å². The van der Waals surface area contributed by atoms with E-state index < -0.39 is 31.8 Å². The highest BCUT2D eigenvalue weighted by Crippen LogP contribution is 2.30. The Kier molecular flexibility index (Phi) is 8.70. The van der Waals surface area contributed by atoms with Gasteiger partial charge in [-0.3, -0.25) is 9.10 Å². The maximum absolute atomic E-state index is 14.1. The van der Waals surface area contributed by atoms with Crippen LogP contribution in [0.4, 0.5) is 15.8 Å². The first-order chi connectivity index (χ1) is 16.5. The van der Waals surface area contributed by atoms with Crippen molar-refractivity contribution >= 4 is 37.3 Å². The summed E-state index contributed by atoms with van der Waals surface area (Å²) in [7, 11) is -6.29. The fourth-order valence-electron chi connectivity index (χ4n) is 3.61. The minimum atomic E-state index is -3.87. The molecule has 1 heterocycles. The van der Waals surface area contributed by atoms with Crippen molar-refractivity contribution in [1.82, 2.24) is 4.31 Å². The quantitative estimate of drug-likeness (QED) is 0.500. The van der Waals surface area contributed by atoms with E-state index >= 15 is 0 Å². The van der Waals surface area contributed by atoms with Gasteiger partial charge in [0.05, 0.1) is 32.3 Å². The predicted octanol–water partition coefficient (Wildman–Crippen LogP) is 2.04. The lowest BCUT2D eigenvalue weighted by atomic mass is 10.2. The van der Waals surface area contributed by atoms with Crippen LogP contribution in [0.1, 0.15) is 12.8 Å². The van der Waals surface area contributed by atoms with Gasteiger partial charge in [-0.2, -0.15) is 4.31 Å². The van der Waals surface area contributed by atoms with Crippen molar-refractivity contribution in [2.45, 2.75) is 17.7 Å². The van der Waals surface area contributed by atoms with Gasteiger partial charge in [0, 0.05) is 31.7 Å². The maximum atomic E-state index is 14.1. The number of nitrogens with one attached hydrogen (secondary N) is 1. The van der Waals surface area contributed by atoms with E-state index in [0.717, 1.165) is 16.6 Å². The average Bonchev–Trinajstić information content (AvgIpc) is 2.82. The van der Waals surface area contributed by atoms with Gasteiger partial charge in [0.25, 0.3) is 0 Å². The van der Waals surface area contributed by atoms with E-state index in [1.54, 1.807) is 0 Å². The molecule has 0 bridgehead atoms. The van der Waals surface area contributed by atoms with Crippen LogP contribution in [0.2, 0.25) is 0 Å². The molecular formula is C22H28FN3O7S2. The van der Waals surface area contributed by atoms with Crippen molar-refractivity contribution in [3.8, 4) is 5.75 Å². The van der Waals surface area contributed by atoms with Crippen LogP contribution in [0.25, 0.3) is 0 Å². The largest absolute Gasteiger partial charge is 0.495 e. The van der Waals surface area contributed by atoms with E-state index in [4.69, 9.17) is 9.47 Å². The molecule has 0 aliphatic carbocycles. The van der Waals surface area contributed by atoms with Crippen LogP contribution in [-0.4, -0.2) is 73.3 Å². The second kappa shape index (κ2) is 11.3. The Hall–Kier alpha value is -2.74. The first kappa shape index (κ1) is 26.9. The molecule has 1 aliphatic rings. The summed E-state index contributed by atoms with van der Waals surface area (Å²) in [6, 6.07) is 9.77. The Labute approximate surface area is 204 Å². The highest BCUT2D eigenvalue weighted by atomic mass is 32.2. The summed E-state index contributed by atoms with van der Waals surface area (Å²) < 4.78 is 77.2. The number of ether oxygens (including phenoxy) is 2. The molecule has 10 nitrogen and oxygen atoms in total. The Balaban J connectivity index is 1.69. The minimum absolute atomic E-state index is 0.0714. The van der Waals surface area contributed by atoms with Crippen molar-refractivity contribution in [2.75, 3.05) is 55.8 Å². The highest BCUT2D eigenvalue weighted by molar-refractivity contribution is 7.92. The standard InChI is InChI=1S/C22H28FN3O7S2/c1-32-20-10-9-17(16-21(20)35(30,31)25-12-14-33-15-13-25)24-22(27)8-5-11-26(34(2,28)29)19-7-4-3-6-18(19)23/h3-4,6-7,9-10,16H,5,8,11-15H2,1-2H3,(H,24,27). The van der Waals surface area contributed by atoms with E-state index in [-0.39, 0.29) is 67.7 Å². The van der Waals surface area contributed by atoms with Gasteiger partial charge >= 0.3 is 0 Å². The fraction of sp³-hybridized carbons (Fsp3) is 0.409. The molecule has 1 saturated heterocycles. The topological polar surface area (TPSA) is 122 Å². The number of methoxy groups -OCH3 is 1. The molecule has 0 radical (unpaired) electrons. The SMILES string of the molecule is COc1ccc(NC(=O)CCCN(c2ccccc2F)S(C)(=O)=O)cc1S(=O)(=O)N1CCOCC1. The molecule has 0 atom stereocenters. The number of morpholine rings is 1. The zero-order valence-electron chi connectivity index (χ0n) is 19.4. The molecule has 13 heteroatoms. The normalized spacial score (nSPS) is 14.9. The molecule has 0 saturated carbocycles. The summed E-state index contributed by atoms with van der Waals surface area (Å²) in [6.07, 6.45) is 1.01. The van der Waals surface area contributed by atoms with Crippen LogP contribution in [0.5, 0.6) is 5.75 Å². The van der Waals surface area contributed by atoms with Crippen LogP contribution in [0.15, 0.2) is 47.4 Å². The number of hydrogen-bond donors (Lipinski definition) is 1. The summed E-state index contributed by atoms with van der Waals surface area (Å²) in [5.41, 5.74) is 0.153. The number of benzene rings is 2. The number of sulfonamides is 2.